The minimum Gasteiger partial charge on any atom is -0.393 e. The van der Waals surface area contributed by atoms with Crippen molar-refractivity contribution in [2.45, 2.75) is 101 Å². The third-order valence-corrected chi connectivity index (χ3v) is 9.63. The van der Waals surface area contributed by atoms with Gasteiger partial charge in [-0.2, -0.15) is 0 Å². The van der Waals surface area contributed by atoms with E-state index in [0.717, 1.165) is 71.2 Å². The predicted molar refractivity (Wildman–Crippen MR) is 132 cm³/mol. The molecule has 5 fully saturated rings. The highest BCUT2D eigenvalue weighted by atomic mass is 16.5. The van der Waals surface area contributed by atoms with E-state index in [4.69, 9.17) is 4.74 Å². The van der Waals surface area contributed by atoms with Gasteiger partial charge in [0.05, 0.1) is 36.0 Å². The number of fused-ring (bicyclic) bond motifs is 2. The average molecular weight is 487 g/mol. The first-order chi connectivity index (χ1) is 17.1. The van der Waals surface area contributed by atoms with Crippen molar-refractivity contribution in [3.63, 3.8) is 0 Å². The van der Waals surface area contributed by atoms with E-state index in [2.05, 4.69) is 20.0 Å². The second-order valence-corrected chi connectivity index (χ2v) is 11.7. The summed E-state index contributed by atoms with van der Waals surface area (Å²) in [6.45, 7) is 5.46. The van der Waals surface area contributed by atoms with Gasteiger partial charge in [0.25, 0.3) is 5.91 Å². The van der Waals surface area contributed by atoms with Crippen molar-refractivity contribution in [1.82, 2.24) is 20.0 Å². The molecule has 0 radical (unpaired) electrons. The molecule has 6 unspecified atom stereocenters. The van der Waals surface area contributed by atoms with Gasteiger partial charge in [0.15, 0.2) is 5.78 Å². The summed E-state index contributed by atoms with van der Waals surface area (Å²) in [7, 11) is 0. The summed E-state index contributed by atoms with van der Waals surface area (Å²) in [6, 6.07) is 0.565. The maximum absolute atomic E-state index is 13.7. The van der Waals surface area contributed by atoms with Gasteiger partial charge in [0, 0.05) is 44.3 Å². The van der Waals surface area contributed by atoms with Gasteiger partial charge in [0.1, 0.15) is 0 Å². The lowest BCUT2D eigenvalue weighted by molar-refractivity contribution is -0.202. The van der Waals surface area contributed by atoms with E-state index in [1.807, 2.05) is 6.20 Å². The molecule has 4 aliphatic heterocycles. The van der Waals surface area contributed by atoms with Gasteiger partial charge in [0.2, 0.25) is 0 Å². The molecule has 6 aliphatic rings. The molecule has 0 aromatic heterocycles. The zero-order chi connectivity index (χ0) is 23.9. The SMILES string of the molecule is O=C(NCCN1CCCC1)C1=CN2C3CCCCC3OC3C(N4CCC(O)CC4)CCC(C1=O)C32. The minimum absolute atomic E-state index is 0.0108. The maximum Gasteiger partial charge on any atom is 0.256 e. The first kappa shape index (κ1) is 23.9. The zero-order valence-corrected chi connectivity index (χ0v) is 20.9. The van der Waals surface area contributed by atoms with Crippen molar-refractivity contribution < 1.29 is 19.4 Å². The lowest BCUT2D eigenvalue weighted by atomic mass is 9.70. The summed E-state index contributed by atoms with van der Waals surface area (Å²) in [5, 5.41) is 13.1. The summed E-state index contributed by atoms with van der Waals surface area (Å²) in [5.41, 5.74) is 0.359. The Bertz CT molecular complexity index is 835. The molecule has 0 aromatic rings. The Balaban J connectivity index is 1.23. The molecule has 3 saturated heterocycles. The molecule has 8 heteroatoms. The van der Waals surface area contributed by atoms with E-state index in [1.54, 1.807) is 0 Å². The number of rotatable bonds is 5. The van der Waals surface area contributed by atoms with Crippen LogP contribution >= 0.6 is 0 Å². The first-order valence-electron chi connectivity index (χ1n) is 14.2. The quantitative estimate of drug-likeness (QED) is 0.567. The van der Waals surface area contributed by atoms with Crippen LogP contribution < -0.4 is 5.32 Å². The third kappa shape index (κ3) is 4.56. The number of ketones is 1. The molecule has 8 nitrogen and oxygen atoms in total. The van der Waals surface area contributed by atoms with Gasteiger partial charge in [-0.05, 0) is 64.5 Å². The van der Waals surface area contributed by atoms with E-state index in [1.165, 1.54) is 25.7 Å². The Morgan fingerprint density at radius 3 is 2.54 bits per heavy atom. The fraction of sp³-hybridized carbons (Fsp3) is 0.852. The number of piperidine rings is 1. The molecule has 194 valence electrons. The number of nitrogens with one attached hydrogen (secondary N) is 1. The Morgan fingerprint density at radius 1 is 0.971 bits per heavy atom. The number of aliphatic hydroxyl groups excluding tert-OH is 1. The molecule has 35 heavy (non-hydrogen) atoms. The average Bonchev–Trinajstić information content (AvgIpc) is 3.39. The lowest BCUT2D eigenvalue weighted by Crippen LogP contribution is -2.71. The van der Waals surface area contributed by atoms with E-state index >= 15 is 0 Å². The standard InChI is InChI=1S/C27H42N4O4/c32-18-9-14-30(15-10-18)22-8-7-19-24-26(22)35-23-6-2-1-5-21(23)31(24)17-20(25(19)33)27(34)28-11-16-29-12-3-4-13-29/h17-19,21-24,26,32H,1-16H2,(H,28,34). The molecular weight excluding hydrogens is 444 g/mol. The summed E-state index contributed by atoms with van der Waals surface area (Å²) in [4.78, 5) is 34.2. The molecule has 6 atom stereocenters. The fourth-order valence-electron chi connectivity index (χ4n) is 7.78. The van der Waals surface area contributed by atoms with Gasteiger partial charge < -0.3 is 25.0 Å². The number of aliphatic hydroxyl groups is 1. The Morgan fingerprint density at radius 2 is 1.74 bits per heavy atom. The number of hydrogen-bond acceptors (Lipinski definition) is 7. The first-order valence-corrected chi connectivity index (χ1v) is 14.2. The van der Waals surface area contributed by atoms with Crippen LogP contribution in [0.2, 0.25) is 0 Å². The van der Waals surface area contributed by atoms with Crippen molar-refractivity contribution in [2.75, 3.05) is 39.3 Å². The van der Waals surface area contributed by atoms with Gasteiger partial charge in [-0.3, -0.25) is 14.5 Å². The van der Waals surface area contributed by atoms with Crippen LogP contribution in [-0.4, -0.2) is 107 Å². The van der Waals surface area contributed by atoms with Crippen LogP contribution in [0.4, 0.5) is 0 Å². The van der Waals surface area contributed by atoms with Crippen molar-refractivity contribution in [2.24, 2.45) is 5.92 Å². The predicted octanol–water partition coefficient (Wildman–Crippen LogP) is 1.28. The van der Waals surface area contributed by atoms with E-state index < -0.39 is 0 Å². The largest absolute Gasteiger partial charge is 0.393 e. The Kier molecular flexibility index (Phi) is 6.90. The van der Waals surface area contributed by atoms with Crippen LogP contribution in [0.3, 0.4) is 0 Å². The number of hydrogen-bond donors (Lipinski definition) is 2. The zero-order valence-electron chi connectivity index (χ0n) is 20.9. The number of morpholine rings is 1. The van der Waals surface area contributed by atoms with E-state index in [9.17, 15) is 14.7 Å². The number of Topliss-reactive ketones (excluding diaryl/α,β-unsaturated/α-hetero) is 1. The van der Waals surface area contributed by atoms with Crippen molar-refractivity contribution >= 4 is 11.7 Å². The molecule has 2 aliphatic carbocycles. The molecule has 2 N–H and O–H groups in total. The van der Waals surface area contributed by atoms with Crippen LogP contribution in [-0.2, 0) is 14.3 Å². The second kappa shape index (κ2) is 10.1. The van der Waals surface area contributed by atoms with Crippen molar-refractivity contribution in [1.29, 1.82) is 0 Å². The fourth-order valence-corrected chi connectivity index (χ4v) is 7.78. The van der Waals surface area contributed by atoms with Crippen LogP contribution in [0.1, 0.15) is 64.2 Å². The molecule has 6 rings (SSSR count). The van der Waals surface area contributed by atoms with Crippen LogP contribution in [0.5, 0.6) is 0 Å². The molecule has 4 heterocycles. The van der Waals surface area contributed by atoms with E-state index in [-0.39, 0.29) is 54.0 Å². The number of likely N-dealkylation sites (tertiary alicyclic amines) is 2. The number of carbonyl (C=O) groups excluding carboxylic acids is 2. The van der Waals surface area contributed by atoms with E-state index in [0.29, 0.717) is 12.1 Å². The smallest absolute Gasteiger partial charge is 0.256 e. The lowest BCUT2D eigenvalue weighted by Gasteiger charge is -2.60. The number of ether oxygens (including phenoxy) is 1. The summed E-state index contributed by atoms with van der Waals surface area (Å²) in [6.07, 6.45) is 12.2. The second-order valence-electron chi connectivity index (χ2n) is 11.7. The van der Waals surface area contributed by atoms with Crippen molar-refractivity contribution in [3.8, 4) is 0 Å². The van der Waals surface area contributed by atoms with Gasteiger partial charge in [-0.15, -0.1) is 0 Å². The van der Waals surface area contributed by atoms with Gasteiger partial charge in [-0.1, -0.05) is 12.8 Å². The number of amides is 1. The Labute approximate surface area is 209 Å². The minimum atomic E-state index is -0.199. The van der Waals surface area contributed by atoms with Gasteiger partial charge in [-0.25, -0.2) is 0 Å². The summed E-state index contributed by atoms with van der Waals surface area (Å²) < 4.78 is 6.86. The third-order valence-electron chi connectivity index (χ3n) is 9.63. The molecule has 2 saturated carbocycles. The monoisotopic (exact) mass is 486 g/mol. The van der Waals surface area contributed by atoms with Crippen LogP contribution in [0, 0.1) is 5.92 Å². The molecular formula is C27H42N4O4. The molecule has 0 spiro atoms. The maximum atomic E-state index is 13.7. The summed E-state index contributed by atoms with van der Waals surface area (Å²) >= 11 is 0. The Hall–Kier alpha value is -1.48. The topological polar surface area (TPSA) is 85.3 Å². The number of carbonyl (C=O) groups is 2. The highest BCUT2D eigenvalue weighted by Gasteiger charge is 2.56. The van der Waals surface area contributed by atoms with Gasteiger partial charge >= 0.3 is 0 Å². The number of nitrogens with zero attached hydrogens (tertiary/aromatic N) is 3. The summed E-state index contributed by atoms with van der Waals surface area (Å²) in [5.74, 6) is -0.352. The van der Waals surface area contributed by atoms with Crippen LogP contribution in [0.15, 0.2) is 11.8 Å². The highest BCUT2D eigenvalue weighted by molar-refractivity contribution is 6.20. The van der Waals surface area contributed by atoms with Crippen LogP contribution in [0.25, 0.3) is 0 Å². The van der Waals surface area contributed by atoms with Crippen molar-refractivity contribution in [3.05, 3.63) is 11.8 Å². The normalized spacial score (nSPS) is 38.6. The molecule has 0 aromatic carbocycles. The molecule has 0 bridgehead atoms. The highest BCUT2D eigenvalue weighted by Crippen LogP contribution is 2.46. The molecule has 1 amide bonds.